The van der Waals surface area contributed by atoms with Gasteiger partial charge in [-0.1, -0.05) is 11.6 Å². The standard InChI is InChI=1S/C11H11ClFNO/c1-11(2)6-14(10(11)15)7-3-4-9(13)8(12)5-7/h3-5H,6H2,1-2H3. The van der Waals surface area contributed by atoms with Gasteiger partial charge in [0.05, 0.1) is 10.4 Å². The SMILES string of the molecule is CC1(C)CN(c2ccc(F)c(Cl)c2)C1=O. The molecule has 0 N–H and O–H groups in total. The zero-order valence-electron chi connectivity index (χ0n) is 8.55. The Morgan fingerprint density at radius 2 is 2.13 bits per heavy atom. The number of hydrogen-bond acceptors (Lipinski definition) is 1. The Morgan fingerprint density at radius 3 is 2.60 bits per heavy atom. The molecule has 1 saturated heterocycles. The van der Waals surface area contributed by atoms with Gasteiger partial charge in [0.25, 0.3) is 0 Å². The van der Waals surface area contributed by atoms with Crippen molar-refractivity contribution in [2.75, 3.05) is 11.4 Å². The zero-order chi connectivity index (χ0) is 11.2. The van der Waals surface area contributed by atoms with Crippen LogP contribution in [0, 0.1) is 11.2 Å². The molecule has 0 unspecified atom stereocenters. The first kappa shape index (κ1) is 10.4. The highest BCUT2D eigenvalue weighted by Crippen LogP contribution is 2.36. The Kier molecular flexibility index (Phi) is 2.23. The second-order valence-electron chi connectivity index (χ2n) is 4.37. The molecule has 1 fully saturated rings. The van der Waals surface area contributed by atoms with E-state index in [0.29, 0.717) is 12.2 Å². The van der Waals surface area contributed by atoms with Gasteiger partial charge in [-0.15, -0.1) is 0 Å². The van der Waals surface area contributed by atoms with Crippen molar-refractivity contribution in [1.82, 2.24) is 0 Å². The van der Waals surface area contributed by atoms with Crippen molar-refractivity contribution < 1.29 is 9.18 Å². The van der Waals surface area contributed by atoms with Crippen LogP contribution in [0.5, 0.6) is 0 Å². The van der Waals surface area contributed by atoms with Crippen molar-refractivity contribution in [2.24, 2.45) is 5.41 Å². The van der Waals surface area contributed by atoms with Crippen molar-refractivity contribution in [3.05, 3.63) is 29.0 Å². The fourth-order valence-electron chi connectivity index (χ4n) is 1.67. The van der Waals surface area contributed by atoms with Gasteiger partial charge in [0.2, 0.25) is 5.91 Å². The minimum absolute atomic E-state index is 0.0463. The molecule has 1 aromatic carbocycles. The number of carbonyl (C=O) groups excluding carboxylic acids is 1. The molecule has 0 spiro atoms. The molecule has 0 aromatic heterocycles. The van der Waals surface area contributed by atoms with Crippen molar-refractivity contribution in [3.8, 4) is 0 Å². The van der Waals surface area contributed by atoms with Gasteiger partial charge in [-0.2, -0.15) is 0 Å². The van der Waals surface area contributed by atoms with Crippen LogP contribution in [-0.4, -0.2) is 12.5 Å². The number of β-lactam (4-membered cyclic amide) rings is 1. The van der Waals surface area contributed by atoms with Gasteiger partial charge in [0.15, 0.2) is 0 Å². The summed E-state index contributed by atoms with van der Waals surface area (Å²) in [4.78, 5) is 13.3. The van der Waals surface area contributed by atoms with Crippen LogP contribution >= 0.6 is 11.6 Å². The molecule has 80 valence electrons. The molecule has 4 heteroatoms. The highest BCUT2D eigenvalue weighted by molar-refractivity contribution is 6.31. The fourth-order valence-corrected chi connectivity index (χ4v) is 1.85. The van der Waals surface area contributed by atoms with Crippen LogP contribution in [0.3, 0.4) is 0 Å². The molecule has 1 aromatic rings. The van der Waals surface area contributed by atoms with Crippen LogP contribution < -0.4 is 4.90 Å². The number of anilines is 1. The van der Waals surface area contributed by atoms with Crippen molar-refractivity contribution in [2.45, 2.75) is 13.8 Å². The molecular formula is C11H11ClFNO. The number of carbonyl (C=O) groups is 1. The summed E-state index contributed by atoms with van der Waals surface area (Å²) in [5, 5.41) is 0.0463. The lowest BCUT2D eigenvalue weighted by molar-refractivity contribution is -0.132. The van der Waals surface area contributed by atoms with E-state index in [2.05, 4.69) is 0 Å². The summed E-state index contributed by atoms with van der Waals surface area (Å²) in [6.45, 7) is 4.42. The van der Waals surface area contributed by atoms with Crippen LogP contribution in [0.1, 0.15) is 13.8 Å². The molecule has 0 saturated carbocycles. The first-order valence-corrected chi connectivity index (χ1v) is 5.07. The van der Waals surface area contributed by atoms with Gasteiger partial charge in [-0.25, -0.2) is 4.39 Å². The highest BCUT2D eigenvalue weighted by atomic mass is 35.5. The lowest BCUT2D eigenvalue weighted by atomic mass is 9.83. The van der Waals surface area contributed by atoms with E-state index >= 15 is 0 Å². The molecule has 1 amide bonds. The summed E-state index contributed by atoms with van der Waals surface area (Å²) in [6, 6.07) is 4.31. The Hall–Kier alpha value is -1.09. The summed E-state index contributed by atoms with van der Waals surface area (Å²) >= 11 is 5.64. The van der Waals surface area contributed by atoms with E-state index in [0.717, 1.165) is 0 Å². The lowest BCUT2D eigenvalue weighted by Crippen LogP contribution is -2.58. The Labute approximate surface area is 92.6 Å². The summed E-state index contributed by atoms with van der Waals surface area (Å²) in [5.41, 5.74) is 0.353. The van der Waals surface area contributed by atoms with Crippen LogP contribution in [0.4, 0.5) is 10.1 Å². The monoisotopic (exact) mass is 227 g/mol. The van der Waals surface area contributed by atoms with Crippen molar-refractivity contribution in [1.29, 1.82) is 0 Å². The van der Waals surface area contributed by atoms with Gasteiger partial charge in [0, 0.05) is 12.2 Å². The van der Waals surface area contributed by atoms with Crippen LogP contribution in [0.25, 0.3) is 0 Å². The molecule has 0 bridgehead atoms. The van der Waals surface area contributed by atoms with E-state index < -0.39 is 5.82 Å². The topological polar surface area (TPSA) is 20.3 Å². The first-order valence-electron chi connectivity index (χ1n) is 4.69. The predicted molar refractivity (Wildman–Crippen MR) is 57.5 cm³/mol. The van der Waals surface area contributed by atoms with Crippen molar-refractivity contribution >= 4 is 23.2 Å². The first-order chi connectivity index (χ1) is 6.92. The largest absolute Gasteiger partial charge is 0.311 e. The minimum Gasteiger partial charge on any atom is -0.311 e. The molecule has 1 aliphatic heterocycles. The number of halogens is 2. The van der Waals surface area contributed by atoms with E-state index in [4.69, 9.17) is 11.6 Å². The number of amides is 1. The molecular weight excluding hydrogens is 217 g/mol. The molecule has 0 atom stereocenters. The Balaban J connectivity index is 2.26. The van der Waals surface area contributed by atoms with E-state index in [9.17, 15) is 9.18 Å². The summed E-state index contributed by atoms with van der Waals surface area (Å²) in [6.07, 6.45) is 0. The maximum atomic E-state index is 12.9. The second kappa shape index (κ2) is 3.20. The van der Waals surface area contributed by atoms with E-state index in [1.54, 1.807) is 11.0 Å². The Morgan fingerprint density at radius 1 is 1.47 bits per heavy atom. The van der Waals surface area contributed by atoms with E-state index in [1.807, 2.05) is 13.8 Å². The van der Waals surface area contributed by atoms with Gasteiger partial charge >= 0.3 is 0 Å². The Bertz CT molecular complexity index is 431. The fraction of sp³-hybridized carbons (Fsp3) is 0.364. The third kappa shape index (κ3) is 1.61. The third-order valence-electron chi connectivity index (χ3n) is 2.59. The number of hydrogen-bond donors (Lipinski definition) is 0. The maximum absolute atomic E-state index is 12.9. The van der Waals surface area contributed by atoms with E-state index in [-0.39, 0.29) is 16.3 Å². The molecule has 1 aliphatic rings. The molecule has 2 nitrogen and oxygen atoms in total. The van der Waals surface area contributed by atoms with Gasteiger partial charge < -0.3 is 4.90 Å². The molecule has 0 aliphatic carbocycles. The number of nitrogens with zero attached hydrogens (tertiary/aromatic N) is 1. The number of benzene rings is 1. The highest BCUT2D eigenvalue weighted by Gasteiger charge is 2.44. The average Bonchev–Trinajstić information content (AvgIpc) is 2.19. The lowest BCUT2D eigenvalue weighted by Gasteiger charge is -2.44. The molecule has 1 heterocycles. The van der Waals surface area contributed by atoms with Gasteiger partial charge in [-0.05, 0) is 32.0 Å². The van der Waals surface area contributed by atoms with Crippen LogP contribution in [-0.2, 0) is 4.79 Å². The minimum atomic E-state index is -0.465. The van der Waals surface area contributed by atoms with E-state index in [1.165, 1.54) is 12.1 Å². The number of rotatable bonds is 1. The maximum Gasteiger partial charge on any atom is 0.234 e. The summed E-state index contributed by atoms with van der Waals surface area (Å²) in [5.74, 6) is -0.419. The quantitative estimate of drug-likeness (QED) is 0.676. The van der Waals surface area contributed by atoms with Crippen molar-refractivity contribution in [3.63, 3.8) is 0 Å². The summed E-state index contributed by atoms with van der Waals surface area (Å²) in [7, 11) is 0. The third-order valence-corrected chi connectivity index (χ3v) is 2.88. The smallest absolute Gasteiger partial charge is 0.234 e. The zero-order valence-corrected chi connectivity index (χ0v) is 9.31. The second-order valence-corrected chi connectivity index (χ2v) is 4.78. The van der Waals surface area contributed by atoms with Crippen LogP contribution in [0.2, 0.25) is 5.02 Å². The molecule has 0 radical (unpaired) electrons. The van der Waals surface area contributed by atoms with Gasteiger partial charge in [-0.3, -0.25) is 4.79 Å². The summed E-state index contributed by atoms with van der Waals surface area (Å²) < 4.78 is 12.9. The normalized spacial score (nSPS) is 18.9. The van der Waals surface area contributed by atoms with Gasteiger partial charge in [0.1, 0.15) is 5.82 Å². The molecule has 2 rings (SSSR count). The average molecular weight is 228 g/mol. The van der Waals surface area contributed by atoms with Crippen LogP contribution in [0.15, 0.2) is 18.2 Å². The molecule has 15 heavy (non-hydrogen) atoms. The predicted octanol–water partition coefficient (Wildman–Crippen LogP) is 2.85.